The van der Waals surface area contributed by atoms with Crippen molar-refractivity contribution in [2.75, 3.05) is 19.6 Å². The van der Waals surface area contributed by atoms with Gasteiger partial charge in [0.05, 0.1) is 0 Å². The van der Waals surface area contributed by atoms with Gasteiger partial charge in [0.2, 0.25) is 17.6 Å². The van der Waals surface area contributed by atoms with Crippen LogP contribution in [0.15, 0.2) is 21.3 Å². The van der Waals surface area contributed by atoms with Crippen molar-refractivity contribution in [1.29, 1.82) is 0 Å². The van der Waals surface area contributed by atoms with Crippen molar-refractivity contribution in [2.45, 2.75) is 44.6 Å². The third-order valence-corrected chi connectivity index (χ3v) is 5.72. The molecule has 2 aromatic heterocycles. The maximum absolute atomic E-state index is 12.4. The Labute approximate surface area is 151 Å². The molecule has 3 heterocycles. The number of rotatable bonds is 7. The number of thiophene rings is 1. The third kappa shape index (κ3) is 4.46. The van der Waals surface area contributed by atoms with Gasteiger partial charge >= 0.3 is 0 Å². The zero-order valence-electron chi connectivity index (χ0n) is 14.3. The summed E-state index contributed by atoms with van der Waals surface area (Å²) in [4.78, 5) is 18.8. The summed E-state index contributed by atoms with van der Waals surface area (Å²) >= 11 is 1.60. The average Bonchev–Trinajstić information content (AvgIpc) is 3.11. The summed E-state index contributed by atoms with van der Waals surface area (Å²) in [5.74, 6) is 2.24. The first kappa shape index (κ1) is 16.7. The van der Waals surface area contributed by atoms with Crippen LogP contribution >= 0.6 is 11.3 Å². The molecule has 134 valence electrons. The molecule has 1 N–H and O–H groups in total. The van der Waals surface area contributed by atoms with Crippen LogP contribution in [-0.2, 0) is 11.2 Å². The minimum absolute atomic E-state index is 0.191. The van der Waals surface area contributed by atoms with Gasteiger partial charge < -0.3 is 14.7 Å². The fourth-order valence-corrected chi connectivity index (χ4v) is 3.86. The van der Waals surface area contributed by atoms with E-state index in [0.29, 0.717) is 30.6 Å². The quantitative estimate of drug-likeness (QED) is 0.822. The van der Waals surface area contributed by atoms with Crippen molar-refractivity contribution in [2.24, 2.45) is 5.92 Å². The number of likely N-dealkylation sites (tertiary alicyclic amines) is 1. The molecule has 0 atom stereocenters. The number of nitrogens with zero attached hydrogens (tertiary/aromatic N) is 3. The highest BCUT2D eigenvalue weighted by Gasteiger charge is 2.26. The molecule has 25 heavy (non-hydrogen) atoms. The highest BCUT2D eigenvalue weighted by atomic mass is 32.1. The molecule has 1 aliphatic carbocycles. The smallest absolute Gasteiger partial charge is 0.227 e. The molecule has 0 unspecified atom stereocenters. The minimum atomic E-state index is 0.191. The van der Waals surface area contributed by atoms with Crippen LogP contribution in [0.25, 0.3) is 11.4 Å². The predicted octanol–water partition coefficient (Wildman–Crippen LogP) is 2.72. The van der Waals surface area contributed by atoms with E-state index >= 15 is 0 Å². The highest BCUT2D eigenvalue weighted by molar-refractivity contribution is 7.08. The van der Waals surface area contributed by atoms with E-state index in [1.54, 1.807) is 11.3 Å². The van der Waals surface area contributed by atoms with Crippen molar-refractivity contribution in [3.05, 3.63) is 22.7 Å². The van der Waals surface area contributed by atoms with Crippen LogP contribution in [0.4, 0.5) is 0 Å². The number of hydrogen-bond acceptors (Lipinski definition) is 6. The second-order valence-corrected chi connectivity index (χ2v) is 7.81. The van der Waals surface area contributed by atoms with Gasteiger partial charge in [-0.3, -0.25) is 4.79 Å². The average molecular weight is 360 g/mol. The lowest BCUT2D eigenvalue weighted by Crippen LogP contribution is -2.45. The van der Waals surface area contributed by atoms with E-state index < -0.39 is 0 Å². The number of hydrogen-bond donors (Lipinski definition) is 1. The number of aromatic nitrogens is 2. The molecule has 2 aliphatic rings. The molecular formula is C18H24N4O2S. The summed E-state index contributed by atoms with van der Waals surface area (Å²) in [5.41, 5.74) is 0.965. The lowest BCUT2D eigenvalue weighted by molar-refractivity contribution is -0.132. The molecule has 1 amide bonds. The molecule has 0 bridgehead atoms. The Kier molecular flexibility index (Phi) is 5.12. The Morgan fingerprint density at radius 2 is 2.16 bits per heavy atom. The van der Waals surface area contributed by atoms with Crippen molar-refractivity contribution in [1.82, 2.24) is 20.4 Å². The Morgan fingerprint density at radius 1 is 1.32 bits per heavy atom. The van der Waals surface area contributed by atoms with Gasteiger partial charge in [0.15, 0.2) is 0 Å². The maximum Gasteiger partial charge on any atom is 0.227 e. The first-order chi connectivity index (χ1) is 12.3. The summed E-state index contributed by atoms with van der Waals surface area (Å²) in [6.07, 6.45) is 5.83. The van der Waals surface area contributed by atoms with Crippen LogP contribution in [0.2, 0.25) is 0 Å². The maximum atomic E-state index is 12.4. The van der Waals surface area contributed by atoms with Gasteiger partial charge in [-0.25, -0.2) is 0 Å². The Bertz CT molecular complexity index is 688. The number of piperidine rings is 1. The monoisotopic (exact) mass is 360 g/mol. The van der Waals surface area contributed by atoms with Crippen molar-refractivity contribution in [3.8, 4) is 11.4 Å². The summed E-state index contributed by atoms with van der Waals surface area (Å²) in [7, 11) is 0. The molecule has 1 saturated heterocycles. The number of amides is 1. The van der Waals surface area contributed by atoms with E-state index in [9.17, 15) is 4.79 Å². The fourth-order valence-electron chi connectivity index (χ4n) is 3.23. The Hall–Kier alpha value is -1.73. The lowest BCUT2D eigenvalue weighted by Gasteiger charge is -2.32. The molecule has 7 heteroatoms. The van der Waals surface area contributed by atoms with Crippen LogP contribution < -0.4 is 5.32 Å². The van der Waals surface area contributed by atoms with E-state index in [0.717, 1.165) is 44.0 Å². The zero-order valence-corrected chi connectivity index (χ0v) is 15.1. The number of carbonyl (C=O) groups excluding carboxylic acids is 1. The number of aryl methyl sites for hydroxylation is 1. The normalized spacial score (nSPS) is 18.6. The van der Waals surface area contributed by atoms with E-state index in [2.05, 4.69) is 15.5 Å². The van der Waals surface area contributed by atoms with Crippen LogP contribution in [0.3, 0.4) is 0 Å². The van der Waals surface area contributed by atoms with Crippen LogP contribution in [0.5, 0.6) is 0 Å². The third-order valence-electron chi connectivity index (χ3n) is 5.04. The molecule has 6 nitrogen and oxygen atoms in total. The van der Waals surface area contributed by atoms with E-state index in [4.69, 9.17) is 4.52 Å². The van der Waals surface area contributed by atoms with E-state index in [-0.39, 0.29) is 5.91 Å². The Balaban J connectivity index is 1.20. The topological polar surface area (TPSA) is 71.3 Å². The first-order valence-electron chi connectivity index (χ1n) is 9.14. The molecule has 1 saturated carbocycles. The summed E-state index contributed by atoms with van der Waals surface area (Å²) in [6, 6.07) is 2.54. The van der Waals surface area contributed by atoms with Crippen molar-refractivity contribution in [3.63, 3.8) is 0 Å². The van der Waals surface area contributed by atoms with Crippen LogP contribution in [0.1, 0.15) is 38.0 Å². The minimum Gasteiger partial charge on any atom is -0.343 e. The highest BCUT2D eigenvalue weighted by Crippen LogP contribution is 2.28. The second kappa shape index (κ2) is 7.66. The van der Waals surface area contributed by atoms with Gasteiger partial charge in [0, 0.05) is 42.9 Å². The molecular weight excluding hydrogens is 336 g/mol. The lowest BCUT2D eigenvalue weighted by atomic mass is 10.0. The predicted molar refractivity (Wildman–Crippen MR) is 96.3 cm³/mol. The van der Waals surface area contributed by atoms with Crippen LogP contribution in [-0.4, -0.2) is 46.6 Å². The van der Waals surface area contributed by atoms with Crippen LogP contribution in [0, 0.1) is 5.92 Å². The largest absolute Gasteiger partial charge is 0.343 e. The summed E-state index contributed by atoms with van der Waals surface area (Å²) in [5, 5.41) is 11.6. The van der Waals surface area contributed by atoms with Gasteiger partial charge in [0.25, 0.3) is 0 Å². The SMILES string of the molecule is O=C(CCc1nc(-c2ccsc2)no1)N1CCC(NCC2CC2)CC1. The fraction of sp³-hybridized carbons (Fsp3) is 0.611. The number of carbonyl (C=O) groups is 1. The Morgan fingerprint density at radius 3 is 2.88 bits per heavy atom. The molecule has 2 fully saturated rings. The second-order valence-electron chi connectivity index (χ2n) is 7.03. The van der Waals surface area contributed by atoms with Gasteiger partial charge in [-0.05, 0) is 49.6 Å². The standard InChI is InChI=1S/C18H24N4O2S/c23-17(22-8-5-15(6-9-22)19-11-13-1-2-13)4-3-16-20-18(21-24-16)14-7-10-25-12-14/h7,10,12-13,15,19H,1-6,8-9,11H2. The van der Waals surface area contributed by atoms with Gasteiger partial charge in [-0.15, -0.1) is 0 Å². The van der Waals surface area contributed by atoms with Gasteiger partial charge in [-0.1, -0.05) is 5.16 Å². The van der Waals surface area contributed by atoms with Crippen molar-refractivity contribution >= 4 is 17.2 Å². The van der Waals surface area contributed by atoms with E-state index in [1.165, 1.54) is 12.8 Å². The van der Waals surface area contributed by atoms with Gasteiger partial charge in [0.1, 0.15) is 0 Å². The molecule has 2 aromatic rings. The molecule has 0 aromatic carbocycles. The van der Waals surface area contributed by atoms with Crippen molar-refractivity contribution < 1.29 is 9.32 Å². The van der Waals surface area contributed by atoms with E-state index in [1.807, 2.05) is 21.7 Å². The van der Waals surface area contributed by atoms with Gasteiger partial charge in [-0.2, -0.15) is 16.3 Å². The summed E-state index contributed by atoms with van der Waals surface area (Å²) in [6.45, 7) is 2.86. The molecule has 4 rings (SSSR count). The molecule has 1 aliphatic heterocycles. The number of nitrogens with one attached hydrogen (secondary N) is 1. The first-order valence-corrected chi connectivity index (χ1v) is 10.1. The summed E-state index contributed by atoms with van der Waals surface area (Å²) < 4.78 is 5.27. The molecule has 0 radical (unpaired) electrons. The molecule has 0 spiro atoms. The zero-order chi connectivity index (χ0) is 17.1.